The summed E-state index contributed by atoms with van der Waals surface area (Å²) < 4.78 is 21.6. The molecular weight excluding hydrogens is 409 g/mol. The molecule has 28 heavy (non-hydrogen) atoms. The van der Waals surface area contributed by atoms with E-state index in [2.05, 4.69) is 0 Å². The first kappa shape index (κ1) is 18.7. The van der Waals surface area contributed by atoms with E-state index in [1.54, 1.807) is 30.3 Å². The third-order valence-electron chi connectivity index (χ3n) is 4.21. The highest BCUT2D eigenvalue weighted by Crippen LogP contribution is 2.38. The number of fused-ring (bicyclic) bond motifs is 2. The zero-order valence-corrected chi connectivity index (χ0v) is 16.1. The fourth-order valence-corrected chi connectivity index (χ4v) is 3.39. The van der Waals surface area contributed by atoms with Gasteiger partial charge in [0.25, 0.3) is 5.91 Å². The lowest BCUT2D eigenvalue weighted by molar-refractivity contribution is -0.144. The Hall–Kier alpha value is -2.64. The van der Waals surface area contributed by atoms with E-state index < -0.39 is 5.97 Å². The average Bonchev–Trinajstić information content (AvgIpc) is 2.69. The van der Waals surface area contributed by atoms with E-state index in [1.165, 1.54) is 4.90 Å². The van der Waals surface area contributed by atoms with Crippen molar-refractivity contribution in [2.24, 2.45) is 0 Å². The Bertz CT molecular complexity index is 948. The lowest BCUT2D eigenvalue weighted by Crippen LogP contribution is -2.42. The molecule has 2 aliphatic rings. The molecule has 2 aromatic rings. The number of carbonyl (C=O) groups excluding carboxylic acids is 2. The van der Waals surface area contributed by atoms with E-state index >= 15 is 0 Å². The molecule has 0 aliphatic carbocycles. The van der Waals surface area contributed by atoms with Crippen molar-refractivity contribution >= 4 is 40.8 Å². The second-order valence-electron chi connectivity index (χ2n) is 6.14. The smallest absolute Gasteiger partial charge is 0.326 e. The largest absolute Gasteiger partial charge is 0.486 e. The van der Waals surface area contributed by atoms with Crippen LogP contribution in [0.4, 0.5) is 5.69 Å². The molecule has 146 valence electrons. The van der Waals surface area contributed by atoms with E-state index in [9.17, 15) is 9.59 Å². The standard InChI is InChI=1S/C19H15Cl2NO6/c20-12-1-2-15-14(7-12)22(17(23)10-27-15)8-18(24)28-9-11-5-13(21)19-16(6-11)25-3-4-26-19/h1-2,5-7H,3-4,8-10H2. The Labute approximate surface area is 170 Å². The van der Waals surface area contributed by atoms with Crippen molar-refractivity contribution in [2.75, 3.05) is 31.3 Å². The Balaban J connectivity index is 1.44. The Kier molecular flexibility index (Phi) is 5.19. The van der Waals surface area contributed by atoms with E-state index in [0.29, 0.717) is 51.8 Å². The number of halogens is 2. The van der Waals surface area contributed by atoms with Gasteiger partial charge in [0.05, 0.1) is 10.7 Å². The third kappa shape index (κ3) is 3.81. The number of ether oxygens (including phenoxy) is 4. The van der Waals surface area contributed by atoms with E-state index in [1.807, 2.05) is 0 Å². The maximum atomic E-state index is 12.3. The summed E-state index contributed by atoms with van der Waals surface area (Å²) in [6.45, 7) is 0.428. The molecule has 2 aromatic carbocycles. The molecule has 0 saturated heterocycles. The first-order valence-electron chi connectivity index (χ1n) is 8.47. The molecule has 0 fully saturated rings. The number of esters is 1. The zero-order valence-electron chi connectivity index (χ0n) is 14.6. The molecule has 1 amide bonds. The Morgan fingerprint density at radius 1 is 1.07 bits per heavy atom. The minimum absolute atomic E-state index is 0.0177. The molecule has 0 unspecified atom stereocenters. The monoisotopic (exact) mass is 423 g/mol. The van der Waals surface area contributed by atoms with Crippen LogP contribution >= 0.6 is 23.2 Å². The van der Waals surface area contributed by atoms with Crippen LogP contribution in [0.5, 0.6) is 17.2 Å². The molecule has 2 aliphatic heterocycles. The summed E-state index contributed by atoms with van der Waals surface area (Å²) in [6.07, 6.45) is 0. The molecule has 7 nitrogen and oxygen atoms in total. The number of hydrogen-bond donors (Lipinski definition) is 0. The summed E-state index contributed by atoms with van der Waals surface area (Å²) >= 11 is 12.2. The summed E-state index contributed by atoms with van der Waals surface area (Å²) in [5, 5.41) is 0.816. The molecule has 0 N–H and O–H groups in total. The second-order valence-corrected chi connectivity index (χ2v) is 6.99. The van der Waals surface area contributed by atoms with Crippen LogP contribution in [0.15, 0.2) is 30.3 Å². The van der Waals surface area contributed by atoms with Crippen molar-refractivity contribution in [3.8, 4) is 17.2 Å². The molecule has 4 rings (SSSR count). The normalized spacial score (nSPS) is 14.9. The second kappa shape index (κ2) is 7.77. The number of benzene rings is 2. The highest BCUT2D eigenvalue weighted by atomic mass is 35.5. The van der Waals surface area contributed by atoms with Gasteiger partial charge in [0, 0.05) is 5.02 Å². The van der Waals surface area contributed by atoms with Crippen molar-refractivity contribution in [3.63, 3.8) is 0 Å². The molecule has 9 heteroatoms. The van der Waals surface area contributed by atoms with Gasteiger partial charge in [-0.05, 0) is 35.9 Å². The topological polar surface area (TPSA) is 74.3 Å². The predicted octanol–water partition coefficient (Wildman–Crippen LogP) is 3.23. The van der Waals surface area contributed by atoms with Crippen molar-refractivity contribution in [1.29, 1.82) is 0 Å². The summed E-state index contributed by atoms with van der Waals surface area (Å²) in [4.78, 5) is 25.8. The molecule has 0 radical (unpaired) electrons. The highest BCUT2D eigenvalue weighted by Gasteiger charge is 2.28. The number of anilines is 1. The number of carbonyl (C=O) groups is 2. The van der Waals surface area contributed by atoms with Crippen LogP contribution in [0.2, 0.25) is 10.0 Å². The maximum Gasteiger partial charge on any atom is 0.326 e. The summed E-state index contributed by atoms with van der Waals surface area (Å²) in [5.41, 5.74) is 1.09. The Morgan fingerprint density at radius 3 is 2.75 bits per heavy atom. The lowest BCUT2D eigenvalue weighted by Gasteiger charge is -2.28. The van der Waals surface area contributed by atoms with Gasteiger partial charge in [0.1, 0.15) is 32.1 Å². The van der Waals surface area contributed by atoms with Gasteiger partial charge in [0.15, 0.2) is 18.1 Å². The van der Waals surface area contributed by atoms with Crippen LogP contribution in [0.1, 0.15) is 5.56 Å². The SMILES string of the molecule is O=C(CN1C(=O)COc2ccc(Cl)cc21)OCc1cc(Cl)c2c(c1)OCCO2. The minimum Gasteiger partial charge on any atom is -0.486 e. The summed E-state index contributed by atoms with van der Waals surface area (Å²) in [5.74, 6) is 0.545. The average molecular weight is 424 g/mol. The van der Waals surface area contributed by atoms with Crippen LogP contribution in [-0.2, 0) is 20.9 Å². The van der Waals surface area contributed by atoms with Crippen molar-refractivity contribution < 1.29 is 28.5 Å². The van der Waals surface area contributed by atoms with Crippen LogP contribution in [-0.4, -0.2) is 38.2 Å². The first-order chi connectivity index (χ1) is 13.5. The fourth-order valence-electron chi connectivity index (χ4n) is 2.93. The molecule has 0 spiro atoms. The van der Waals surface area contributed by atoms with E-state index in [0.717, 1.165) is 0 Å². The van der Waals surface area contributed by atoms with Gasteiger partial charge in [-0.1, -0.05) is 23.2 Å². The lowest BCUT2D eigenvalue weighted by atomic mass is 10.2. The van der Waals surface area contributed by atoms with Crippen LogP contribution in [0.3, 0.4) is 0 Å². The number of hydrogen-bond acceptors (Lipinski definition) is 6. The van der Waals surface area contributed by atoms with E-state index in [4.69, 9.17) is 42.1 Å². The molecule has 2 heterocycles. The third-order valence-corrected chi connectivity index (χ3v) is 4.72. The first-order valence-corrected chi connectivity index (χ1v) is 9.23. The number of rotatable bonds is 4. The molecule has 0 aromatic heterocycles. The van der Waals surface area contributed by atoms with Crippen LogP contribution in [0, 0.1) is 0 Å². The predicted molar refractivity (Wildman–Crippen MR) is 102 cm³/mol. The Morgan fingerprint density at radius 2 is 1.89 bits per heavy atom. The highest BCUT2D eigenvalue weighted by molar-refractivity contribution is 6.32. The van der Waals surface area contributed by atoms with Gasteiger partial charge in [0.2, 0.25) is 0 Å². The van der Waals surface area contributed by atoms with Gasteiger partial charge >= 0.3 is 5.97 Å². The van der Waals surface area contributed by atoms with Crippen molar-refractivity contribution in [3.05, 3.63) is 45.9 Å². The molecular formula is C19H15Cl2NO6. The van der Waals surface area contributed by atoms with Crippen LogP contribution < -0.4 is 19.1 Å². The van der Waals surface area contributed by atoms with E-state index in [-0.39, 0.29) is 25.7 Å². The zero-order chi connectivity index (χ0) is 19.7. The van der Waals surface area contributed by atoms with Gasteiger partial charge in [-0.15, -0.1) is 0 Å². The number of nitrogens with zero attached hydrogens (tertiary/aromatic N) is 1. The van der Waals surface area contributed by atoms with Crippen LogP contribution in [0.25, 0.3) is 0 Å². The van der Waals surface area contributed by atoms with Gasteiger partial charge in [-0.25, -0.2) is 0 Å². The maximum absolute atomic E-state index is 12.3. The molecule has 0 bridgehead atoms. The number of amides is 1. The summed E-state index contributed by atoms with van der Waals surface area (Å²) in [7, 11) is 0. The summed E-state index contributed by atoms with van der Waals surface area (Å²) in [6, 6.07) is 8.24. The van der Waals surface area contributed by atoms with Crippen molar-refractivity contribution in [1.82, 2.24) is 0 Å². The molecule has 0 atom stereocenters. The van der Waals surface area contributed by atoms with Crippen molar-refractivity contribution in [2.45, 2.75) is 6.61 Å². The fraction of sp³-hybridized carbons (Fsp3) is 0.263. The molecule has 0 saturated carbocycles. The van der Waals surface area contributed by atoms with Gasteiger partial charge in [-0.2, -0.15) is 0 Å². The van der Waals surface area contributed by atoms with Gasteiger partial charge < -0.3 is 18.9 Å². The quantitative estimate of drug-likeness (QED) is 0.702. The van der Waals surface area contributed by atoms with Gasteiger partial charge in [-0.3, -0.25) is 14.5 Å². The minimum atomic E-state index is -0.577.